The Morgan fingerprint density at radius 1 is 1.32 bits per heavy atom. The van der Waals surface area contributed by atoms with Crippen LogP contribution in [0.1, 0.15) is 10.7 Å². The fourth-order valence-electron chi connectivity index (χ4n) is 3.07. The molecule has 3 aromatic heterocycles. The maximum absolute atomic E-state index is 13.0. The zero-order valence-electron chi connectivity index (χ0n) is 15.1. The summed E-state index contributed by atoms with van der Waals surface area (Å²) in [4.78, 5) is 18.6. The Balaban J connectivity index is 2.08. The number of allylic oxidation sites excluding steroid dienone is 1. The minimum absolute atomic E-state index is 0.125. The second kappa shape index (κ2) is 7.43. The van der Waals surface area contributed by atoms with Gasteiger partial charge < -0.3 is 4.57 Å². The summed E-state index contributed by atoms with van der Waals surface area (Å²) in [6, 6.07) is 13.9. The van der Waals surface area contributed by atoms with E-state index in [1.807, 2.05) is 59.5 Å². The molecule has 0 saturated heterocycles. The molecule has 1 aromatic carbocycles. The highest BCUT2D eigenvalue weighted by molar-refractivity contribution is 7.11. The van der Waals surface area contributed by atoms with E-state index in [-0.39, 0.29) is 5.56 Å². The van der Waals surface area contributed by atoms with Crippen LogP contribution in [0.4, 0.5) is 0 Å². The van der Waals surface area contributed by atoms with Gasteiger partial charge in [-0.2, -0.15) is 5.26 Å². The lowest BCUT2D eigenvalue weighted by Crippen LogP contribution is -2.32. The fourth-order valence-corrected chi connectivity index (χ4v) is 4.90. The average molecular weight is 405 g/mol. The summed E-state index contributed by atoms with van der Waals surface area (Å²) >= 11 is 2.88. The molecule has 0 fully saturated rings. The van der Waals surface area contributed by atoms with Crippen molar-refractivity contribution in [2.45, 2.75) is 6.54 Å². The predicted octanol–water partition coefficient (Wildman–Crippen LogP) is 2.60. The van der Waals surface area contributed by atoms with Crippen molar-refractivity contribution in [3.63, 3.8) is 0 Å². The van der Waals surface area contributed by atoms with Crippen LogP contribution >= 0.6 is 22.7 Å². The summed E-state index contributed by atoms with van der Waals surface area (Å²) < 4.78 is 4.66. The van der Waals surface area contributed by atoms with Crippen molar-refractivity contribution in [1.29, 1.82) is 5.26 Å². The zero-order valence-corrected chi connectivity index (χ0v) is 16.8. The SMILES string of the molecule is C=CCn1c(=O)/c(=C\c2cccs2)s/c1=C(\C#N)c1nc2ccccc2n1C. The van der Waals surface area contributed by atoms with Gasteiger partial charge in [0.15, 0.2) is 5.82 Å². The Morgan fingerprint density at radius 2 is 2.14 bits per heavy atom. The number of para-hydroxylation sites is 2. The number of thiophene rings is 1. The molecule has 0 aliphatic rings. The molecule has 4 aromatic rings. The molecule has 138 valence electrons. The molecule has 0 spiro atoms. The molecule has 0 bridgehead atoms. The average Bonchev–Trinajstić information content (AvgIpc) is 3.40. The number of hydrogen-bond acceptors (Lipinski definition) is 5. The number of aromatic nitrogens is 3. The summed E-state index contributed by atoms with van der Waals surface area (Å²) in [6.07, 6.45) is 3.53. The second-order valence-corrected chi connectivity index (χ2v) is 8.12. The summed E-state index contributed by atoms with van der Waals surface area (Å²) in [7, 11) is 1.88. The molecule has 3 heterocycles. The lowest BCUT2D eigenvalue weighted by atomic mass is 10.3. The van der Waals surface area contributed by atoms with Gasteiger partial charge in [0.05, 0.1) is 15.6 Å². The highest BCUT2D eigenvalue weighted by atomic mass is 32.1. The van der Waals surface area contributed by atoms with Crippen LogP contribution in [0.15, 0.2) is 59.2 Å². The number of fused-ring (bicyclic) bond motifs is 1. The smallest absolute Gasteiger partial charge is 0.269 e. The Hall–Kier alpha value is -3.21. The first-order chi connectivity index (χ1) is 13.6. The molecule has 0 radical (unpaired) electrons. The molecule has 7 heteroatoms. The molecule has 0 aliphatic heterocycles. The summed E-state index contributed by atoms with van der Waals surface area (Å²) in [6.45, 7) is 4.09. The first-order valence-electron chi connectivity index (χ1n) is 8.56. The van der Waals surface area contributed by atoms with Crippen molar-refractivity contribution >= 4 is 45.4 Å². The largest absolute Gasteiger partial charge is 0.326 e. The van der Waals surface area contributed by atoms with Crippen LogP contribution in [-0.2, 0) is 13.6 Å². The van der Waals surface area contributed by atoms with E-state index < -0.39 is 0 Å². The van der Waals surface area contributed by atoms with E-state index in [4.69, 9.17) is 0 Å². The predicted molar refractivity (Wildman–Crippen MR) is 115 cm³/mol. The Kier molecular flexibility index (Phi) is 4.82. The van der Waals surface area contributed by atoms with E-state index in [0.717, 1.165) is 15.9 Å². The van der Waals surface area contributed by atoms with Crippen molar-refractivity contribution < 1.29 is 0 Å². The number of hydrogen-bond donors (Lipinski definition) is 0. The molecular formula is C21H16N4OS2. The quantitative estimate of drug-likeness (QED) is 0.491. The monoisotopic (exact) mass is 404 g/mol. The third-order valence-electron chi connectivity index (χ3n) is 4.37. The van der Waals surface area contributed by atoms with Crippen molar-refractivity contribution in [3.8, 4) is 6.07 Å². The van der Waals surface area contributed by atoms with Crippen molar-refractivity contribution in [2.75, 3.05) is 0 Å². The van der Waals surface area contributed by atoms with Gasteiger partial charge in [-0.05, 0) is 29.7 Å². The maximum atomic E-state index is 13.0. The van der Waals surface area contributed by atoms with Crippen LogP contribution in [0.25, 0.3) is 22.7 Å². The molecule has 0 unspecified atom stereocenters. The van der Waals surface area contributed by atoms with Crippen LogP contribution in [0, 0.1) is 11.3 Å². The number of aryl methyl sites for hydroxylation is 1. The van der Waals surface area contributed by atoms with Gasteiger partial charge in [-0.25, -0.2) is 4.98 Å². The minimum atomic E-state index is -0.125. The van der Waals surface area contributed by atoms with Crippen LogP contribution in [0.2, 0.25) is 0 Å². The van der Waals surface area contributed by atoms with E-state index in [2.05, 4.69) is 17.6 Å². The molecule has 0 N–H and O–H groups in total. The lowest BCUT2D eigenvalue weighted by Gasteiger charge is -2.02. The van der Waals surface area contributed by atoms with E-state index >= 15 is 0 Å². The van der Waals surface area contributed by atoms with Gasteiger partial charge in [0.25, 0.3) is 5.56 Å². The molecule has 0 amide bonds. The van der Waals surface area contributed by atoms with Crippen LogP contribution in [0.3, 0.4) is 0 Å². The van der Waals surface area contributed by atoms with Gasteiger partial charge in [0.2, 0.25) is 0 Å². The van der Waals surface area contributed by atoms with Gasteiger partial charge in [-0.1, -0.05) is 24.3 Å². The van der Waals surface area contributed by atoms with E-state index in [9.17, 15) is 10.1 Å². The Labute approximate surface area is 169 Å². The number of benzene rings is 1. The Morgan fingerprint density at radius 3 is 2.82 bits per heavy atom. The Bertz CT molecular complexity index is 1400. The number of nitriles is 1. The van der Waals surface area contributed by atoms with E-state index in [1.165, 1.54) is 11.3 Å². The van der Waals surface area contributed by atoms with Gasteiger partial charge in [-0.3, -0.25) is 9.36 Å². The standard InChI is InChI=1S/C21H16N4OS2/c1-3-10-25-20(26)18(12-14-7-6-11-27-14)28-21(25)15(13-22)19-23-16-8-4-5-9-17(16)24(19)2/h3-9,11-12H,1,10H2,2H3/b18-12+,21-15+. The van der Waals surface area contributed by atoms with E-state index in [1.54, 1.807) is 22.0 Å². The topological polar surface area (TPSA) is 63.6 Å². The minimum Gasteiger partial charge on any atom is -0.326 e. The summed E-state index contributed by atoms with van der Waals surface area (Å²) in [5.74, 6) is 0.547. The molecule has 0 atom stereocenters. The zero-order chi connectivity index (χ0) is 19.7. The van der Waals surface area contributed by atoms with Gasteiger partial charge >= 0.3 is 0 Å². The van der Waals surface area contributed by atoms with Crippen molar-refractivity contribution in [3.05, 3.63) is 84.7 Å². The molecule has 0 saturated carbocycles. The first kappa shape index (κ1) is 18.2. The highest BCUT2D eigenvalue weighted by Crippen LogP contribution is 2.18. The fraction of sp³-hybridized carbons (Fsp3) is 0.0952. The van der Waals surface area contributed by atoms with Crippen LogP contribution in [-0.4, -0.2) is 14.1 Å². The molecular weight excluding hydrogens is 388 g/mol. The molecule has 5 nitrogen and oxygen atoms in total. The summed E-state index contributed by atoms with van der Waals surface area (Å²) in [5, 5.41) is 11.9. The number of imidazole rings is 1. The van der Waals surface area contributed by atoms with Gasteiger partial charge in [0.1, 0.15) is 16.3 Å². The number of rotatable bonds is 4. The second-order valence-electron chi connectivity index (χ2n) is 6.11. The van der Waals surface area contributed by atoms with Gasteiger partial charge in [0, 0.05) is 18.5 Å². The van der Waals surface area contributed by atoms with Crippen LogP contribution in [0.5, 0.6) is 0 Å². The lowest BCUT2D eigenvalue weighted by molar-refractivity contribution is 0.772. The third-order valence-corrected chi connectivity index (χ3v) is 6.32. The molecule has 4 rings (SSSR count). The first-order valence-corrected chi connectivity index (χ1v) is 10.3. The molecule has 0 aliphatic carbocycles. The van der Waals surface area contributed by atoms with Crippen molar-refractivity contribution in [2.24, 2.45) is 7.05 Å². The highest BCUT2D eigenvalue weighted by Gasteiger charge is 2.16. The van der Waals surface area contributed by atoms with Gasteiger partial charge in [-0.15, -0.1) is 29.3 Å². The van der Waals surface area contributed by atoms with Crippen LogP contribution < -0.4 is 14.8 Å². The van der Waals surface area contributed by atoms with E-state index in [0.29, 0.717) is 27.1 Å². The normalized spacial score (nSPS) is 12.9. The number of thiazole rings is 1. The summed E-state index contributed by atoms with van der Waals surface area (Å²) in [5.41, 5.74) is 2.00. The maximum Gasteiger partial charge on any atom is 0.269 e. The third kappa shape index (κ3) is 3.03. The van der Waals surface area contributed by atoms with Crippen molar-refractivity contribution in [1.82, 2.24) is 14.1 Å². The molecule has 28 heavy (non-hydrogen) atoms. The number of nitrogens with zero attached hydrogens (tertiary/aromatic N) is 4.